The Morgan fingerprint density at radius 2 is 2.04 bits per heavy atom. The van der Waals surface area contributed by atoms with Gasteiger partial charge in [-0.25, -0.2) is 0 Å². The van der Waals surface area contributed by atoms with E-state index in [-0.39, 0.29) is 18.4 Å². The predicted octanol–water partition coefficient (Wildman–Crippen LogP) is 1.91. The normalized spacial score (nSPS) is 20.2. The molecule has 8 heteroatoms. The average Bonchev–Trinajstić information content (AvgIpc) is 3.30. The SMILES string of the molecule is O=C(NCC(C(=O)O)C1CCOCC1)c1n[nH]c(C2CC2)c1Br. The van der Waals surface area contributed by atoms with Gasteiger partial charge in [-0.2, -0.15) is 5.10 Å². The molecular weight excluding hydrogens is 366 g/mol. The van der Waals surface area contributed by atoms with Gasteiger partial charge in [0.2, 0.25) is 0 Å². The second-order valence-corrected chi connectivity index (χ2v) is 6.97. The maximum atomic E-state index is 12.3. The van der Waals surface area contributed by atoms with Gasteiger partial charge >= 0.3 is 5.97 Å². The standard InChI is InChI=1S/C15H20BrN3O4/c16-11-12(9-1-2-9)18-19-13(11)14(20)17-7-10(15(21)22)8-3-5-23-6-4-8/h8-10H,1-7H2,(H,17,20)(H,18,19)(H,21,22). The quantitative estimate of drug-likeness (QED) is 0.693. The molecule has 0 spiro atoms. The lowest BCUT2D eigenvalue weighted by Gasteiger charge is -2.27. The lowest BCUT2D eigenvalue weighted by atomic mass is 9.86. The zero-order chi connectivity index (χ0) is 16.4. The molecular formula is C15H20BrN3O4. The van der Waals surface area contributed by atoms with E-state index in [1.54, 1.807) is 0 Å². The van der Waals surface area contributed by atoms with Gasteiger partial charge in [-0.15, -0.1) is 0 Å². The molecule has 2 fully saturated rings. The Labute approximate surface area is 142 Å². The Balaban J connectivity index is 1.61. The molecule has 3 N–H and O–H groups in total. The first kappa shape index (κ1) is 16.4. The monoisotopic (exact) mass is 385 g/mol. The van der Waals surface area contributed by atoms with Crippen molar-refractivity contribution in [3.8, 4) is 0 Å². The van der Waals surface area contributed by atoms with E-state index in [0.29, 0.717) is 42.1 Å². The molecule has 0 bridgehead atoms. The number of nitrogens with zero attached hydrogens (tertiary/aromatic N) is 1. The van der Waals surface area contributed by atoms with E-state index in [1.165, 1.54) is 0 Å². The highest BCUT2D eigenvalue weighted by Gasteiger charge is 2.32. The summed E-state index contributed by atoms with van der Waals surface area (Å²) in [5, 5.41) is 19.1. The summed E-state index contributed by atoms with van der Waals surface area (Å²) in [5.74, 6) is -1.34. The molecule has 1 aliphatic heterocycles. The number of aromatic amines is 1. The molecule has 7 nitrogen and oxygen atoms in total. The van der Waals surface area contributed by atoms with Gasteiger partial charge in [0.15, 0.2) is 5.69 Å². The Morgan fingerprint density at radius 3 is 2.65 bits per heavy atom. The summed E-state index contributed by atoms with van der Waals surface area (Å²) in [6, 6.07) is 0. The summed E-state index contributed by atoms with van der Waals surface area (Å²) in [4.78, 5) is 23.8. The first-order chi connectivity index (χ1) is 11.1. The Bertz CT molecular complexity index is 594. The Morgan fingerprint density at radius 1 is 1.35 bits per heavy atom. The molecule has 2 aliphatic rings. The molecule has 1 saturated heterocycles. The van der Waals surface area contributed by atoms with Crippen LogP contribution in [0.25, 0.3) is 0 Å². The molecule has 1 unspecified atom stereocenters. The fourth-order valence-electron chi connectivity index (χ4n) is 2.99. The summed E-state index contributed by atoms with van der Waals surface area (Å²) in [5.41, 5.74) is 1.25. The molecule has 23 heavy (non-hydrogen) atoms. The number of aromatic nitrogens is 2. The van der Waals surface area contributed by atoms with E-state index in [9.17, 15) is 14.7 Å². The predicted molar refractivity (Wildman–Crippen MR) is 85.3 cm³/mol. The van der Waals surface area contributed by atoms with Crippen LogP contribution in [-0.4, -0.2) is 46.9 Å². The van der Waals surface area contributed by atoms with Crippen molar-refractivity contribution in [2.45, 2.75) is 31.6 Å². The van der Waals surface area contributed by atoms with Crippen LogP contribution in [0.1, 0.15) is 47.8 Å². The van der Waals surface area contributed by atoms with E-state index in [4.69, 9.17) is 4.74 Å². The van der Waals surface area contributed by atoms with E-state index in [2.05, 4.69) is 31.4 Å². The maximum Gasteiger partial charge on any atom is 0.308 e. The van der Waals surface area contributed by atoms with Crippen LogP contribution in [-0.2, 0) is 9.53 Å². The van der Waals surface area contributed by atoms with E-state index in [0.717, 1.165) is 18.5 Å². The van der Waals surface area contributed by atoms with Crippen LogP contribution in [0.15, 0.2) is 4.47 Å². The third-order valence-electron chi connectivity index (χ3n) is 4.57. The fraction of sp³-hybridized carbons (Fsp3) is 0.667. The van der Waals surface area contributed by atoms with E-state index in [1.807, 2.05) is 0 Å². The topological polar surface area (TPSA) is 104 Å². The molecule has 1 aliphatic carbocycles. The minimum Gasteiger partial charge on any atom is -0.481 e. The summed E-state index contributed by atoms with van der Waals surface area (Å²) in [7, 11) is 0. The summed E-state index contributed by atoms with van der Waals surface area (Å²) in [6.45, 7) is 1.27. The highest BCUT2D eigenvalue weighted by atomic mass is 79.9. The van der Waals surface area contributed by atoms with Crippen molar-refractivity contribution in [1.82, 2.24) is 15.5 Å². The second-order valence-electron chi connectivity index (χ2n) is 6.18. The Kier molecular flexibility index (Phi) is 5.01. The van der Waals surface area contributed by atoms with Crippen molar-refractivity contribution >= 4 is 27.8 Å². The Hall–Kier alpha value is -1.41. The number of hydrogen-bond donors (Lipinski definition) is 3. The fourth-order valence-corrected chi connectivity index (χ4v) is 3.68. The largest absolute Gasteiger partial charge is 0.481 e. The number of halogens is 1. The van der Waals surface area contributed by atoms with Gasteiger partial charge in [-0.05, 0) is 47.5 Å². The number of rotatable bonds is 6. The molecule has 3 rings (SSSR count). The third kappa shape index (κ3) is 3.74. The molecule has 0 aromatic carbocycles. The van der Waals surface area contributed by atoms with Crippen molar-refractivity contribution in [3.05, 3.63) is 15.9 Å². The number of carboxylic acid groups (broad SMARTS) is 1. The maximum absolute atomic E-state index is 12.3. The minimum absolute atomic E-state index is 0.0335. The highest BCUT2D eigenvalue weighted by molar-refractivity contribution is 9.10. The molecule has 1 atom stereocenters. The van der Waals surface area contributed by atoms with Gasteiger partial charge in [-0.1, -0.05) is 0 Å². The number of H-pyrrole nitrogens is 1. The summed E-state index contributed by atoms with van der Waals surface area (Å²) < 4.78 is 5.96. The molecule has 1 aromatic heterocycles. The number of carbonyl (C=O) groups is 2. The third-order valence-corrected chi connectivity index (χ3v) is 5.37. The molecule has 1 saturated carbocycles. The molecule has 126 valence electrons. The van der Waals surface area contributed by atoms with Gasteiger partial charge in [0.25, 0.3) is 5.91 Å². The first-order valence-electron chi connectivity index (χ1n) is 7.90. The zero-order valence-electron chi connectivity index (χ0n) is 12.7. The van der Waals surface area contributed by atoms with Crippen LogP contribution >= 0.6 is 15.9 Å². The first-order valence-corrected chi connectivity index (χ1v) is 8.69. The van der Waals surface area contributed by atoms with Crippen LogP contribution < -0.4 is 5.32 Å². The molecule has 0 radical (unpaired) electrons. The van der Waals surface area contributed by atoms with Gasteiger partial charge in [0.05, 0.1) is 16.1 Å². The van der Waals surface area contributed by atoms with Crippen molar-refractivity contribution < 1.29 is 19.4 Å². The van der Waals surface area contributed by atoms with Crippen LogP contribution in [0.5, 0.6) is 0 Å². The van der Waals surface area contributed by atoms with Crippen LogP contribution in [0, 0.1) is 11.8 Å². The number of ether oxygens (including phenoxy) is 1. The van der Waals surface area contributed by atoms with Gasteiger partial charge in [0, 0.05) is 25.7 Å². The molecule has 1 aromatic rings. The van der Waals surface area contributed by atoms with E-state index >= 15 is 0 Å². The number of amides is 1. The average molecular weight is 386 g/mol. The van der Waals surface area contributed by atoms with Gasteiger partial charge in [-0.3, -0.25) is 14.7 Å². The van der Waals surface area contributed by atoms with Crippen LogP contribution in [0.2, 0.25) is 0 Å². The van der Waals surface area contributed by atoms with Crippen molar-refractivity contribution in [2.24, 2.45) is 11.8 Å². The molecule has 1 amide bonds. The summed E-state index contributed by atoms with van der Waals surface area (Å²) >= 11 is 3.42. The number of nitrogens with one attached hydrogen (secondary N) is 2. The van der Waals surface area contributed by atoms with Crippen molar-refractivity contribution in [2.75, 3.05) is 19.8 Å². The smallest absolute Gasteiger partial charge is 0.308 e. The summed E-state index contributed by atoms with van der Waals surface area (Å²) in [6.07, 6.45) is 3.63. The van der Waals surface area contributed by atoms with E-state index < -0.39 is 11.9 Å². The lowest BCUT2D eigenvalue weighted by molar-refractivity contribution is -0.144. The second kappa shape index (κ2) is 7.00. The number of carboxylic acids is 1. The van der Waals surface area contributed by atoms with Crippen LogP contribution in [0.3, 0.4) is 0 Å². The van der Waals surface area contributed by atoms with Gasteiger partial charge < -0.3 is 15.2 Å². The molecule has 2 heterocycles. The number of aliphatic carboxylic acids is 1. The lowest BCUT2D eigenvalue weighted by Crippen LogP contribution is -2.39. The van der Waals surface area contributed by atoms with Crippen molar-refractivity contribution in [1.29, 1.82) is 0 Å². The highest BCUT2D eigenvalue weighted by Crippen LogP contribution is 2.42. The minimum atomic E-state index is -0.878. The van der Waals surface area contributed by atoms with Crippen LogP contribution in [0.4, 0.5) is 0 Å². The van der Waals surface area contributed by atoms with Gasteiger partial charge in [0.1, 0.15) is 0 Å². The number of hydrogen-bond acceptors (Lipinski definition) is 4. The zero-order valence-corrected chi connectivity index (χ0v) is 14.3. The van der Waals surface area contributed by atoms with Crippen molar-refractivity contribution in [3.63, 3.8) is 0 Å². The number of carbonyl (C=O) groups excluding carboxylic acids is 1.